The number of urea groups is 1. The van der Waals surface area contributed by atoms with Gasteiger partial charge in [0, 0.05) is 27.7 Å². The van der Waals surface area contributed by atoms with E-state index in [1.165, 1.54) is 0 Å². The van der Waals surface area contributed by atoms with Crippen molar-refractivity contribution in [2.24, 2.45) is 0 Å². The van der Waals surface area contributed by atoms with Gasteiger partial charge in [-0.1, -0.05) is 47.5 Å². The molecule has 1 aromatic heterocycles. The molecule has 8 heteroatoms. The highest BCUT2D eigenvalue weighted by molar-refractivity contribution is 6.31. The van der Waals surface area contributed by atoms with Gasteiger partial charge in [0.25, 0.3) is 0 Å². The Kier molecular flexibility index (Phi) is 7.36. The third-order valence-corrected chi connectivity index (χ3v) is 4.86. The lowest BCUT2D eigenvalue weighted by molar-refractivity contribution is 0.191. The molecule has 0 saturated carbocycles. The predicted octanol–water partition coefficient (Wildman–Crippen LogP) is 5.59. The highest BCUT2D eigenvalue weighted by atomic mass is 35.5. The number of nitrogens with one attached hydrogen (secondary N) is 2. The van der Waals surface area contributed by atoms with Crippen LogP contribution in [0, 0.1) is 0 Å². The maximum absolute atomic E-state index is 11.8. The molecule has 3 aromatic rings. The molecule has 2 amide bonds. The molecule has 0 aliphatic heterocycles. The SMILES string of the molecule is CCNC(=O)NC(C)(C)COc1cnc(-c2ccc(Cl)cc2)c(-c2ccc(Cl)cc2)n1. The lowest BCUT2D eigenvalue weighted by Gasteiger charge is -2.26. The predicted molar refractivity (Wildman–Crippen MR) is 125 cm³/mol. The zero-order chi connectivity index (χ0) is 22.4. The van der Waals surface area contributed by atoms with Crippen molar-refractivity contribution in [3.05, 3.63) is 64.8 Å². The number of aromatic nitrogens is 2. The van der Waals surface area contributed by atoms with Crippen LogP contribution in [0.1, 0.15) is 20.8 Å². The quantitative estimate of drug-likeness (QED) is 0.483. The van der Waals surface area contributed by atoms with E-state index in [1.807, 2.05) is 57.2 Å². The van der Waals surface area contributed by atoms with Crippen LogP contribution in [0.3, 0.4) is 0 Å². The number of hydrogen-bond acceptors (Lipinski definition) is 4. The monoisotopic (exact) mass is 458 g/mol. The van der Waals surface area contributed by atoms with Gasteiger partial charge in [0.15, 0.2) is 0 Å². The van der Waals surface area contributed by atoms with E-state index < -0.39 is 5.54 Å². The molecule has 162 valence electrons. The number of ether oxygens (including phenoxy) is 1. The molecule has 0 radical (unpaired) electrons. The molecule has 2 N–H and O–H groups in total. The van der Waals surface area contributed by atoms with E-state index in [-0.39, 0.29) is 12.6 Å². The van der Waals surface area contributed by atoms with Crippen molar-refractivity contribution >= 4 is 29.2 Å². The van der Waals surface area contributed by atoms with Crippen molar-refractivity contribution < 1.29 is 9.53 Å². The summed E-state index contributed by atoms with van der Waals surface area (Å²) in [6.07, 6.45) is 1.57. The van der Waals surface area contributed by atoms with E-state index >= 15 is 0 Å². The van der Waals surface area contributed by atoms with Gasteiger partial charge in [0.2, 0.25) is 5.88 Å². The first-order valence-electron chi connectivity index (χ1n) is 9.85. The van der Waals surface area contributed by atoms with Gasteiger partial charge in [0.05, 0.1) is 17.4 Å². The second-order valence-electron chi connectivity index (χ2n) is 7.58. The van der Waals surface area contributed by atoms with Crippen LogP contribution in [-0.4, -0.2) is 34.7 Å². The van der Waals surface area contributed by atoms with Crippen LogP contribution in [0.2, 0.25) is 10.0 Å². The van der Waals surface area contributed by atoms with E-state index in [1.54, 1.807) is 18.3 Å². The average Bonchev–Trinajstić information content (AvgIpc) is 2.73. The summed E-state index contributed by atoms with van der Waals surface area (Å²) in [6.45, 7) is 6.37. The van der Waals surface area contributed by atoms with Crippen molar-refractivity contribution in [2.45, 2.75) is 26.3 Å². The Balaban J connectivity index is 1.89. The summed E-state index contributed by atoms with van der Waals surface area (Å²) < 4.78 is 5.88. The Labute approximate surface area is 192 Å². The summed E-state index contributed by atoms with van der Waals surface area (Å²) >= 11 is 12.1. The molecular formula is C23H24Cl2N4O2. The fourth-order valence-corrected chi connectivity index (χ4v) is 3.13. The minimum absolute atomic E-state index is 0.221. The summed E-state index contributed by atoms with van der Waals surface area (Å²) in [5.74, 6) is 0.355. The van der Waals surface area contributed by atoms with Gasteiger partial charge in [-0.15, -0.1) is 0 Å². The number of halogens is 2. The molecule has 0 aliphatic carbocycles. The van der Waals surface area contributed by atoms with Crippen LogP contribution in [-0.2, 0) is 0 Å². The third kappa shape index (κ3) is 6.32. The maximum atomic E-state index is 11.8. The van der Waals surface area contributed by atoms with Crippen LogP contribution in [0.5, 0.6) is 5.88 Å². The molecule has 31 heavy (non-hydrogen) atoms. The Morgan fingerprint density at radius 3 is 2.06 bits per heavy atom. The van der Waals surface area contributed by atoms with Gasteiger partial charge in [-0.05, 0) is 45.0 Å². The summed E-state index contributed by atoms with van der Waals surface area (Å²) in [4.78, 5) is 21.1. The van der Waals surface area contributed by atoms with Crippen molar-refractivity contribution in [1.82, 2.24) is 20.6 Å². The molecule has 0 spiro atoms. The zero-order valence-corrected chi connectivity index (χ0v) is 19.1. The highest BCUT2D eigenvalue weighted by Crippen LogP contribution is 2.31. The topological polar surface area (TPSA) is 76.1 Å². The number of hydrogen-bond donors (Lipinski definition) is 2. The Hall–Kier alpha value is -2.83. The normalized spacial score (nSPS) is 11.1. The molecule has 0 saturated heterocycles. The molecule has 0 aliphatic rings. The Morgan fingerprint density at radius 1 is 0.968 bits per heavy atom. The van der Waals surface area contributed by atoms with Crippen molar-refractivity contribution in [3.63, 3.8) is 0 Å². The number of nitrogens with zero attached hydrogens (tertiary/aromatic N) is 2. The van der Waals surface area contributed by atoms with Gasteiger partial charge in [-0.3, -0.25) is 0 Å². The van der Waals surface area contributed by atoms with Gasteiger partial charge >= 0.3 is 6.03 Å². The van der Waals surface area contributed by atoms with Crippen LogP contribution < -0.4 is 15.4 Å². The Morgan fingerprint density at radius 2 is 1.52 bits per heavy atom. The minimum Gasteiger partial charge on any atom is -0.474 e. The molecule has 0 fully saturated rings. The van der Waals surface area contributed by atoms with Crippen molar-refractivity contribution in [1.29, 1.82) is 0 Å². The number of amides is 2. The highest BCUT2D eigenvalue weighted by Gasteiger charge is 2.22. The van der Waals surface area contributed by atoms with Gasteiger partial charge < -0.3 is 15.4 Å². The largest absolute Gasteiger partial charge is 0.474 e. The molecule has 6 nitrogen and oxygen atoms in total. The lowest BCUT2D eigenvalue weighted by atomic mass is 10.0. The van der Waals surface area contributed by atoms with Crippen molar-refractivity contribution in [2.75, 3.05) is 13.2 Å². The van der Waals surface area contributed by atoms with Gasteiger partial charge in [-0.2, -0.15) is 0 Å². The molecule has 0 bridgehead atoms. The van der Waals surface area contributed by atoms with Gasteiger partial charge in [-0.25, -0.2) is 14.8 Å². The van der Waals surface area contributed by atoms with Gasteiger partial charge in [0.1, 0.15) is 12.3 Å². The number of benzene rings is 2. The molecule has 0 atom stereocenters. The summed E-state index contributed by atoms with van der Waals surface area (Å²) in [5, 5.41) is 6.86. The van der Waals surface area contributed by atoms with E-state index in [9.17, 15) is 4.79 Å². The molecule has 3 rings (SSSR count). The molecule has 2 aromatic carbocycles. The smallest absolute Gasteiger partial charge is 0.315 e. The number of carbonyl (C=O) groups excluding carboxylic acids is 1. The first kappa shape index (κ1) is 22.8. The van der Waals surface area contributed by atoms with Crippen LogP contribution in [0.25, 0.3) is 22.5 Å². The van der Waals surface area contributed by atoms with E-state index in [0.29, 0.717) is 33.9 Å². The third-order valence-electron chi connectivity index (χ3n) is 4.36. The van der Waals surface area contributed by atoms with Crippen LogP contribution >= 0.6 is 23.2 Å². The van der Waals surface area contributed by atoms with Crippen LogP contribution in [0.4, 0.5) is 4.79 Å². The fraction of sp³-hybridized carbons (Fsp3) is 0.261. The Bertz CT molecular complexity index is 1040. The summed E-state index contributed by atoms with van der Waals surface area (Å²) in [6, 6.07) is 14.5. The van der Waals surface area contributed by atoms with E-state index in [0.717, 1.165) is 11.1 Å². The standard InChI is InChI=1S/C23H24Cl2N4O2/c1-4-26-22(30)29-23(2,3)14-31-19-13-27-20(15-5-9-17(24)10-6-15)21(28-19)16-7-11-18(25)12-8-16/h5-13H,4,14H2,1-3H3,(H2,26,29,30). The second-order valence-corrected chi connectivity index (χ2v) is 8.45. The summed E-state index contributed by atoms with van der Waals surface area (Å²) in [7, 11) is 0. The minimum atomic E-state index is -0.601. The first-order valence-corrected chi connectivity index (χ1v) is 10.6. The lowest BCUT2D eigenvalue weighted by Crippen LogP contribution is -2.51. The molecule has 0 unspecified atom stereocenters. The van der Waals surface area contributed by atoms with Crippen molar-refractivity contribution in [3.8, 4) is 28.4 Å². The van der Waals surface area contributed by atoms with Crippen LogP contribution in [0.15, 0.2) is 54.7 Å². The maximum Gasteiger partial charge on any atom is 0.315 e. The zero-order valence-electron chi connectivity index (χ0n) is 17.6. The number of carbonyl (C=O) groups is 1. The average molecular weight is 459 g/mol. The summed E-state index contributed by atoms with van der Waals surface area (Å²) in [5.41, 5.74) is 2.49. The van der Waals surface area contributed by atoms with E-state index in [4.69, 9.17) is 32.9 Å². The molecular weight excluding hydrogens is 435 g/mol. The van der Waals surface area contributed by atoms with E-state index in [2.05, 4.69) is 15.6 Å². The fourth-order valence-electron chi connectivity index (χ4n) is 2.87. The first-order chi connectivity index (χ1) is 14.8. The number of rotatable bonds is 7. The second kappa shape index (κ2) is 9.98. The molecule has 1 heterocycles.